The smallest absolute Gasteiger partial charge is 0.225 e. The highest BCUT2D eigenvalue weighted by Crippen LogP contribution is 2.22. The van der Waals surface area contributed by atoms with Gasteiger partial charge in [-0.15, -0.1) is 11.3 Å². The molecule has 2 rings (SSSR count). The highest BCUT2D eigenvalue weighted by Gasteiger charge is 2.04. The number of halogens is 1. The largest absolute Gasteiger partial charge is 0.490 e. The Morgan fingerprint density at radius 1 is 1.26 bits per heavy atom. The van der Waals surface area contributed by atoms with Gasteiger partial charge in [0.2, 0.25) is 5.91 Å². The third kappa shape index (κ3) is 4.58. The van der Waals surface area contributed by atoms with Gasteiger partial charge in [0.15, 0.2) is 0 Å². The van der Waals surface area contributed by atoms with Crippen LogP contribution in [0.1, 0.15) is 4.88 Å². The third-order valence-corrected chi connectivity index (χ3v) is 3.62. The van der Waals surface area contributed by atoms with Crippen molar-refractivity contribution in [1.82, 2.24) is 5.32 Å². The molecule has 0 aliphatic heterocycles. The Bertz CT molecular complexity index is 528. The van der Waals surface area contributed by atoms with Crippen LogP contribution in [0.5, 0.6) is 5.75 Å². The molecule has 2 aromatic rings. The van der Waals surface area contributed by atoms with Gasteiger partial charge >= 0.3 is 0 Å². The van der Waals surface area contributed by atoms with Crippen LogP contribution in [-0.2, 0) is 11.2 Å². The molecule has 0 aliphatic carbocycles. The first-order valence-electron chi connectivity index (χ1n) is 5.92. The monoisotopic (exact) mass is 295 g/mol. The lowest BCUT2D eigenvalue weighted by molar-refractivity contribution is -0.120. The van der Waals surface area contributed by atoms with E-state index in [2.05, 4.69) is 5.32 Å². The maximum atomic E-state index is 11.6. The van der Waals surface area contributed by atoms with Crippen molar-refractivity contribution in [3.63, 3.8) is 0 Å². The number of para-hydroxylation sites is 1. The lowest BCUT2D eigenvalue weighted by atomic mass is 10.3. The zero-order valence-corrected chi connectivity index (χ0v) is 11.8. The number of carbonyl (C=O) groups excluding carboxylic acids is 1. The van der Waals surface area contributed by atoms with E-state index in [9.17, 15) is 4.79 Å². The third-order valence-electron chi connectivity index (χ3n) is 2.43. The molecule has 0 unspecified atom stereocenters. The molecule has 0 bridgehead atoms. The predicted molar refractivity (Wildman–Crippen MR) is 78.0 cm³/mol. The summed E-state index contributed by atoms with van der Waals surface area (Å²) in [6.07, 6.45) is 0.420. The van der Waals surface area contributed by atoms with E-state index in [-0.39, 0.29) is 5.91 Å². The average molecular weight is 296 g/mol. The fraction of sp³-hybridized carbons (Fsp3) is 0.214. The highest BCUT2D eigenvalue weighted by atomic mass is 35.5. The van der Waals surface area contributed by atoms with Crippen molar-refractivity contribution in [1.29, 1.82) is 0 Å². The average Bonchev–Trinajstić information content (AvgIpc) is 2.89. The molecule has 1 aromatic carbocycles. The topological polar surface area (TPSA) is 38.3 Å². The normalized spacial score (nSPS) is 10.2. The van der Waals surface area contributed by atoms with Crippen LogP contribution in [0.2, 0.25) is 5.02 Å². The molecule has 1 aromatic heterocycles. The molecule has 0 saturated carbocycles. The van der Waals surface area contributed by atoms with E-state index in [4.69, 9.17) is 16.3 Å². The maximum Gasteiger partial charge on any atom is 0.225 e. The van der Waals surface area contributed by atoms with Crippen molar-refractivity contribution in [3.05, 3.63) is 51.7 Å². The number of hydrogen-bond donors (Lipinski definition) is 1. The number of nitrogens with one attached hydrogen (secondary N) is 1. The molecule has 0 atom stereocenters. The van der Waals surface area contributed by atoms with Crippen LogP contribution in [0.25, 0.3) is 0 Å². The van der Waals surface area contributed by atoms with Gasteiger partial charge in [-0.3, -0.25) is 4.79 Å². The van der Waals surface area contributed by atoms with Crippen molar-refractivity contribution >= 4 is 28.8 Å². The molecule has 0 spiro atoms. The van der Waals surface area contributed by atoms with Crippen molar-refractivity contribution < 1.29 is 9.53 Å². The van der Waals surface area contributed by atoms with Crippen molar-refractivity contribution in [2.75, 3.05) is 13.2 Å². The van der Waals surface area contributed by atoms with Gasteiger partial charge in [-0.05, 0) is 23.6 Å². The van der Waals surface area contributed by atoms with Gasteiger partial charge in [-0.2, -0.15) is 0 Å². The van der Waals surface area contributed by atoms with E-state index in [0.717, 1.165) is 4.88 Å². The molecule has 1 amide bonds. The van der Waals surface area contributed by atoms with Crippen LogP contribution < -0.4 is 10.1 Å². The summed E-state index contributed by atoms with van der Waals surface area (Å²) in [5.74, 6) is 0.641. The minimum atomic E-state index is 0.00482. The Kier molecular flexibility index (Phi) is 5.24. The molecule has 1 N–H and O–H groups in total. The molecule has 5 heteroatoms. The number of benzene rings is 1. The lowest BCUT2D eigenvalue weighted by Crippen LogP contribution is -2.29. The molecular formula is C14H14ClNO2S. The maximum absolute atomic E-state index is 11.6. The summed E-state index contributed by atoms with van der Waals surface area (Å²) in [4.78, 5) is 12.7. The Morgan fingerprint density at radius 2 is 2.11 bits per heavy atom. The van der Waals surface area contributed by atoms with E-state index in [1.807, 2.05) is 29.6 Å². The second kappa shape index (κ2) is 7.16. The fourth-order valence-corrected chi connectivity index (χ4v) is 2.44. The minimum Gasteiger partial charge on any atom is -0.490 e. The zero-order chi connectivity index (χ0) is 13.5. The Morgan fingerprint density at radius 3 is 2.84 bits per heavy atom. The summed E-state index contributed by atoms with van der Waals surface area (Å²) >= 11 is 7.53. The first kappa shape index (κ1) is 13.9. The van der Waals surface area contributed by atoms with Crippen LogP contribution in [0.3, 0.4) is 0 Å². The van der Waals surface area contributed by atoms with E-state index in [1.54, 1.807) is 23.5 Å². The molecular weight excluding hydrogens is 282 g/mol. The van der Waals surface area contributed by atoms with Gasteiger partial charge in [0, 0.05) is 4.88 Å². The summed E-state index contributed by atoms with van der Waals surface area (Å²) in [6.45, 7) is 0.870. The number of thiophene rings is 1. The van der Waals surface area contributed by atoms with Crippen molar-refractivity contribution in [2.24, 2.45) is 0 Å². The van der Waals surface area contributed by atoms with Crippen LogP contribution >= 0.6 is 22.9 Å². The number of ether oxygens (including phenoxy) is 1. The Labute approximate surface area is 121 Å². The SMILES string of the molecule is O=C(Cc1cccs1)NCCOc1ccccc1Cl. The molecule has 0 fully saturated rings. The molecule has 3 nitrogen and oxygen atoms in total. The summed E-state index contributed by atoms with van der Waals surface area (Å²) in [7, 11) is 0. The number of rotatable bonds is 6. The van der Waals surface area contributed by atoms with E-state index >= 15 is 0 Å². The van der Waals surface area contributed by atoms with E-state index in [0.29, 0.717) is 30.3 Å². The molecule has 19 heavy (non-hydrogen) atoms. The second-order valence-corrected chi connectivity index (χ2v) is 5.32. The van der Waals surface area contributed by atoms with E-state index in [1.165, 1.54) is 0 Å². The predicted octanol–water partition coefficient (Wildman–Crippen LogP) is 3.14. The molecule has 1 heterocycles. The van der Waals surface area contributed by atoms with Crippen LogP contribution in [0, 0.1) is 0 Å². The van der Waals surface area contributed by atoms with Gasteiger partial charge < -0.3 is 10.1 Å². The number of hydrogen-bond acceptors (Lipinski definition) is 3. The molecule has 0 saturated heterocycles. The summed E-state index contributed by atoms with van der Waals surface area (Å²) < 4.78 is 5.48. The quantitative estimate of drug-likeness (QED) is 0.832. The summed E-state index contributed by atoms with van der Waals surface area (Å²) in [5, 5.41) is 5.35. The van der Waals surface area contributed by atoms with Gasteiger partial charge in [-0.25, -0.2) is 0 Å². The fourth-order valence-electron chi connectivity index (χ4n) is 1.55. The van der Waals surface area contributed by atoms with Gasteiger partial charge in [-0.1, -0.05) is 29.8 Å². The minimum absolute atomic E-state index is 0.00482. The number of amides is 1. The molecule has 100 valence electrons. The van der Waals surface area contributed by atoms with Crippen LogP contribution in [-0.4, -0.2) is 19.1 Å². The second-order valence-electron chi connectivity index (χ2n) is 3.88. The standard InChI is InChI=1S/C14H14ClNO2S/c15-12-5-1-2-6-13(12)18-8-7-16-14(17)10-11-4-3-9-19-11/h1-6,9H,7-8,10H2,(H,16,17). The van der Waals surface area contributed by atoms with Crippen LogP contribution in [0.4, 0.5) is 0 Å². The van der Waals surface area contributed by atoms with Gasteiger partial charge in [0.25, 0.3) is 0 Å². The van der Waals surface area contributed by atoms with Crippen molar-refractivity contribution in [2.45, 2.75) is 6.42 Å². The Hall–Kier alpha value is -1.52. The first-order valence-corrected chi connectivity index (χ1v) is 7.18. The lowest BCUT2D eigenvalue weighted by Gasteiger charge is -2.08. The Balaban J connectivity index is 1.67. The summed E-state index contributed by atoms with van der Waals surface area (Å²) in [6, 6.07) is 11.2. The van der Waals surface area contributed by atoms with Crippen LogP contribution in [0.15, 0.2) is 41.8 Å². The van der Waals surface area contributed by atoms with E-state index < -0.39 is 0 Å². The first-order chi connectivity index (χ1) is 9.25. The molecule has 0 radical (unpaired) electrons. The van der Waals surface area contributed by atoms with Gasteiger partial charge in [0.1, 0.15) is 12.4 Å². The zero-order valence-electron chi connectivity index (χ0n) is 10.3. The number of carbonyl (C=O) groups is 1. The summed E-state index contributed by atoms with van der Waals surface area (Å²) in [5.41, 5.74) is 0. The highest BCUT2D eigenvalue weighted by molar-refractivity contribution is 7.10. The molecule has 0 aliphatic rings. The van der Waals surface area contributed by atoms with Crippen molar-refractivity contribution in [3.8, 4) is 5.75 Å². The van der Waals surface area contributed by atoms with Gasteiger partial charge in [0.05, 0.1) is 18.0 Å².